The van der Waals surface area contributed by atoms with Gasteiger partial charge in [0.1, 0.15) is 12.1 Å². The molecule has 0 unspecified atom stereocenters. The van der Waals surface area contributed by atoms with E-state index in [-0.39, 0.29) is 6.42 Å². The Bertz CT molecular complexity index is 965. The summed E-state index contributed by atoms with van der Waals surface area (Å²) in [6.45, 7) is 1.85. The minimum Gasteiger partial charge on any atom is -0.394 e. The summed E-state index contributed by atoms with van der Waals surface area (Å²) in [6, 6.07) is 7.52. The molecule has 10 heteroatoms. The summed E-state index contributed by atoms with van der Waals surface area (Å²) in [5, 5.41) is 14.4. The fraction of sp³-hybridized carbons (Fsp3) is 0.556. The number of aliphatic hydroxyl groups excluding tert-OH is 1. The van der Waals surface area contributed by atoms with Crippen molar-refractivity contribution in [3.63, 3.8) is 0 Å². The van der Waals surface area contributed by atoms with Crippen LogP contribution in [0.15, 0.2) is 42.9 Å². The van der Waals surface area contributed by atoms with E-state index in [0.29, 0.717) is 6.42 Å². The van der Waals surface area contributed by atoms with Crippen molar-refractivity contribution < 1.29 is 19.5 Å². The zero-order valence-electron chi connectivity index (χ0n) is 21.8. The number of hydrogen-bond donors (Lipinski definition) is 5. The van der Waals surface area contributed by atoms with E-state index < -0.39 is 42.5 Å². The van der Waals surface area contributed by atoms with Crippen LogP contribution in [0.5, 0.6) is 0 Å². The van der Waals surface area contributed by atoms with Gasteiger partial charge in [0.15, 0.2) is 0 Å². The van der Waals surface area contributed by atoms with Crippen LogP contribution >= 0.6 is 0 Å². The molecule has 1 aromatic carbocycles. The molecule has 1 heterocycles. The number of nitrogens with one attached hydrogen (secondary N) is 2. The molecule has 0 aliphatic heterocycles. The standard InChI is InChI=1S/C27H42N6O4/c1-2-23(25(29)35)31-27(37)24(18-34)32-26(36)22(28)16-21-17-30-19-33(21)15-11-6-4-3-5-8-12-20-13-9-7-10-14-20/h7,9-10,13-14,17,19,22-24,34H,2-6,8,11-12,15-16,18,28H2,1H3,(H2,29,35)(H,31,37)(H,32,36)/t22-,23-,24-/m0/s1. The summed E-state index contributed by atoms with van der Waals surface area (Å²) in [4.78, 5) is 40.4. The highest BCUT2D eigenvalue weighted by atomic mass is 16.3. The third kappa shape index (κ3) is 10.7. The molecule has 0 spiro atoms. The van der Waals surface area contributed by atoms with Crippen LogP contribution in [0.25, 0.3) is 0 Å². The zero-order valence-corrected chi connectivity index (χ0v) is 21.8. The third-order valence-electron chi connectivity index (χ3n) is 6.41. The van der Waals surface area contributed by atoms with Gasteiger partial charge in [-0.2, -0.15) is 0 Å². The van der Waals surface area contributed by atoms with E-state index in [1.54, 1.807) is 19.4 Å². The van der Waals surface area contributed by atoms with Crippen molar-refractivity contribution in [2.24, 2.45) is 11.5 Å². The van der Waals surface area contributed by atoms with Crippen molar-refractivity contribution in [2.45, 2.75) is 89.4 Å². The van der Waals surface area contributed by atoms with Gasteiger partial charge in [0.25, 0.3) is 0 Å². The molecule has 0 aliphatic rings. The fourth-order valence-electron chi connectivity index (χ4n) is 4.12. The van der Waals surface area contributed by atoms with E-state index in [9.17, 15) is 19.5 Å². The van der Waals surface area contributed by atoms with Crippen LogP contribution in [0.1, 0.15) is 63.1 Å². The number of carbonyl (C=O) groups excluding carboxylic acids is 3. The van der Waals surface area contributed by atoms with Crippen LogP contribution in [-0.2, 0) is 33.8 Å². The van der Waals surface area contributed by atoms with Gasteiger partial charge in [-0.05, 0) is 31.2 Å². The highest BCUT2D eigenvalue weighted by Crippen LogP contribution is 2.11. The average Bonchev–Trinajstić information content (AvgIpc) is 3.33. The number of aryl methyl sites for hydroxylation is 2. The number of rotatable bonds is 18. The Morgan fingerprint density at radius 3 is 2.27 bits per heavy atom. The monoisotopic (exact) mass is 514 g/mol. The molecule has 10 nitrogen and oxygen atoms in total. The number of primary amides is 1. The molecule has 0 fully saturated rings. The lowest BCUT2D eigenvalue weighted by molar-refractivity contribution is -0.132. The second-order valence-corrected chi connectivity index (χ2v) is 9.36. The van der Waals surface area contributed by atoms with Crippen molar-refractivity contribution >= 4 is 17.7 Å². The number of aliphatic hydroxyl groups is 1. The summed E-state index contributed by atoms with van der Waals surface area (Å²) in [5.74, 6) is -1.96. The van der Waals surface area contributed by atoms with E-state index in [0.717, 1.165) is 31.5 Å². The molecule has 3 amide bonds. The lowest BCUT2D eigenvalue weighted by Crippen LogP contribution is -2.56. The topological polar surface area (TPSA) is 165 Å². The first-order valence-corrected chi connectivity index (χ1v) is 13.1. The van der Waals surface area contributed by atoms with E-state index in [1.807, 2.05) is 10.6 Å². The quantitative estimate of drug-likeness (QED) is 0.187. The van der Waals surface area contributed by atoms with Crippen LogP contribution < -0.4 is 22.1 Å². The fourth-order valence-corrected chi connectivity index (χ4v) is 4.12. The van der Waals surface area contributed by atoms with Crippen LogP contribution in [0, 0.1) is 0 Å². The van der Waals surface area contributed by atoms with Crippen molar-refractivity contribution in [3.8, 4) is 0 Å². The summed E-state index contributed by atoms with van der Waals surface area (Å²) < 4.78 is 2.00. The predicted octanol–water partition coefficient (Wildman–Crippen LogP) is 1.19. The average molecular weight is 515 g/mol. The Labute approximate surface area is 219 Å². The van der Waals surface area contributed by atoms with Gasteiger partial charge in [-0.25, -0.2) is 4.98 Å². The van der Waals surface area contributed by atoms with Gasteiger partial charge in [0.2, 0.25) is 17.7 Å². The molecule has 0 saturated heterocycles. The van der Waals surface area contributed by atoms with E-state index >= 15 is 0 Å². The molecule has 0 bridgehead atoms. The second kappa shape index (κ2) is 16.5. The van der Waals surface area contributed by atoms with Gasteiger partial charge in [0, 0.05) is 24.9 Å². The number of benzene rings is 1. The number of imidazole rings is 1. The largest absolute Gasteiger partial charge is 0.394 e. The molecule has 1 aromatic heterocycles. The third-order valence-corrected chi connectivity index (χ3v) is 6.41. The van der Waals surface area contributed by atoms with Crippen molar-refractivity contribution in [3.05, 3.63) is 54.1 Å². The van der Waals surface area contributed by atoms with Crippen LogP contribution in [-0.4, -0.2) is 57.1 Å². The molecule has 7 N–H and O–H groups in total. The Kier molecular flexibility index (Phi) is 13.4. The Morgan fingerprint density at radius 2 is 1.62 bits per heavy atom. The van der Waals surface area contributed by atoms with E-state index in [4.69, 9.17) is 11.5 Å². The first-order chi connectivity index (χ1) is 17.8. The number of nitrogens with zero attached hydrogens (tertiary/aromatic N) is 2. The molecule has 0 saturated carbocycles. The summed E-state index contributed by atoms with van der Waals surface area (Å²) in [6.07, 6.45) is 12.0. The zero-order chi connectivity index (χ0) is 27.0. The molecule has 0 aliphatic carbocycles. The SMILES string of the molecule is CC[C@H](NC(=O)[C@H](CO)NC(=O)[C@@H](N)Cc1cncn1CCCCCCCCc1ccccc1)C(N)=O. The Balaban J connectivity index is 1.70. The van der Waals surface area contributed by atoms with Gasteiger partial charge in [-0.15, -0.1) is 0 Å². The molecular weight excluding hydrogens is 472 g/mol. The van der Waals surface area contributed by atoms with E-state index in [1.165, 1.54) is 31.2 Å². The first kappa shape index (κ1) is 30.0. The van der Waals surface area contributed by atoms with Crippen molar-refractivity contribution in [1.82, 2.24) is 20.2 Å². The molecule has 37 heavy (non-hydrogen) atoms. The van der Waals surface area contributed by atoms with Crippen LogP contribution in [0.2, 0.25) is 0 Å². The second-order valence-electron chi connectivity index (χ2n) is 9.36. The van der Waals surface area contributed by atoms with Gasteiger partial charge in [0.05, 0.1) is 19.0 Å². The van der Waals surface area contributed by atoms with Crippen LogP contribution in [0.4, 0.5) is 0 Å². The molecule has 2 rings (SSSR count). The first-order valence-electron chi connectivity index (χ1n) is 13.1. The lowest BCUT2D eigenvalue weighted by Gasteiger charge is -2.21. The summed E-state index contributed by atoms with van der Waals surface area (Å²) in [5.41, 5.74) is 13.5. The molecule has 0 radical (unpaired) electrons. The number of amides is 3. The van der Waals surface area contributed by atoms with Gasteiger partial charge in [-0.1, -0.05) is 62.9 Å². The number of nitrogens with two attached hydrogens (primary N) is 2. The molecular formula is C27H42N6O4. The highest BCUT2D eigenvalue weighted by molar-refractivity contribution is 5.92. The predicted molar refractivity (Wildman–Crippen MR) is 142 cm³/mol. The Hall–Kier alpha value is -3.24. The molecule has 3 atom stereocenters. The minimum atomic E-state index is -1.23. The maximum Gasteiger partial charge on any atom is 0.245 e. The Morgan fingerprint density at radius 1 is 0.973 bits per heavy atom. The van der Waals surface area contributed by atoms with Gasteiger partial charge < -0.3 is 31.8 Å². The number of unbranched alkanes of at least 4 members (excludes halogenated alkanes) is 5. The highest BCUT2D eigenvalue weighted by Gasteiger charge is 2.26. The lowest BCUT2D eigenvalue weighted by atomic mass is 10.0. The normalized spacial score (nSPS) is 13.5. The number of carbonyl (C=O) groups is 3. The molecule has 204 valence electrons. The van der Waals surface area contributed by atoms with Crippen molar-refractivity contribution in [1.29, 1.82) is 0 Å². The van der Waals surface area contributed by atoms with Gasteiger partial charge >= 0.3 is 0 Å². The van der Waals surface area contributed by atoms with E-state index in [2.05, 4.69) is 39.9 Å². The summed E-state index contributed by atoms with van der Waals surface area (Å²) >= 11 is 0. The number of aromatic nitrogens is 2. The maximum absolute atomic E-state index is 12.6. The maximum atomic E-state index is 12.6. The molecule has 2 aromatic rings. The smallest absolute Gasteiger partial charge is 0.245 e. The van der Waals surface area contributed by atoms with Crippen molar-refractivity contribution in [2.75, 3.05) is 6.61 Å². The summed E-state index contributed by atoms with van der Waals surface area (Å²) in [7, 11) is 0. The number of hydrogen-bond acceptors (Lipinski definition) is 6. The van der Waals surface area contributed by atoms with Gasteiger partial charge in [-0.3, -0.25) is 14.4 Å². The van der Waals surface area contributed by atoms with Crippen LogP contribution in [0.3, 0.4) is 0 Å². The minimum absolute atomic E-state index is 0.240.